The van der Waals surface area contributed by atoms with E-state index < -0.39 is 0 Å². The van der Waals surface area contributed by atoms with Gasteiger partial charge in [-0.1, -0.05) is 12.1 Å². The first-order valence-corrected chi connectivity index (χ1v) is 6.65. The van der Waals surface area contributed by atoms with Crippen molar-refractivity contribution >= 4 is 11.5 Å². The lowest BCUT2D eigenvalue weighted by molar-refractivity contribution is 0.103. The van der Waals surface area contributed by atoms with Crippen molar-refractivity contribution in [3.63, 3.8) is 0 Å². The van der Waals surface area contributed by atoms with Gasteiger partial charge in [-0.15, -0.1) is 0 Å². The lowest BCUT2D eigenvalue weighted by Gasteiger charge is -2.11. The van der Waals surface area contributed by atoms with Crippen molar-refractivity contribution in [3.05, 3.63) is 59.2 Å². The molecule has 20 heavy (non-hydrogen) atoms. The minimum Gasteiger partial charge on any atom is -0.491 e. The predicted octanol–water partition coefficient (Wildman–Crippen LogP) is 3.60. The van der Waals surface area contributed by atoms with Gasteiger partial charge in [0.1, 0.15) is 5.75 Å². The number of nitrogen functional groups attached to an aromatic ring is 1. The summed E-state index contributed by atoms with van der Waals surface area (Å²) < 4.78 is 5.57. The van der Waals surface area contributed by atoms with Crippen LogP contribution in [0.5, 0.6) is 5.75 Å². The summed E-state index contributed by atoms with van der Waals surface area (Å²) in [7, 11) is 0. The zero-order chi connectivity index (χ0) is 14.7. The maximum atomic E-state index is 12.5. The summed E-state index contributed by atoms with van der Waals surface area (Å²) in [6.45, 7) is 5.82. The highest BCUT2D eigenvalue weighted by molar-refractivity contribution is 6.13. The summed E-state index contributed by atoms with van der Waals surface area (Å²) in [5, 5.41) is 0. The Morgan fingerprint density at radius 3 is 2.30 bits per heavy atom. The molecule has 0 bridgehead atoms. The highest BCUT2D eigenvalue weighted by atomic mass is 16.5. The van der Waals surface area contributed by atoms with Crippen LogP contribution in [-0.2, 0) is 0 Å². The largest absolute Gasteiger partial charge is 0.491 e. The van der Waals surface area contributed by atoms with Crippen LogP contribution in [0.15, 0.2) is 42.5 Å². The van der Waals surface area contributed by atoms with Gasteiger partial charge in [0.05, 0.1) is 6.10 Å². The molecular formula is C17H19NO2. The molecule has 0 unspecified atom stereocenters. The molecule has 3 nitrogen and oxygen atoms in total. The van der Waals surface area contributed by atoms with Crippen molar-refractivity contribution < 1.29 is 9.53 Å². The number of carbonyl (C=O) groups excluding carboxylic acids is 1. The summed E-state index contributed by atoms with van der Waals surface area (Å²) in [5.41, 5.74) is 8.50. The summed E-state index contributed by atoms with van der Waals surface area (Å²) in [6.07, 6.45) is 0.114. The third-order valence-corrected chi connectivity index (χ3v) is 3.02. The van der Waals surface area contributed by atoms with E-state index in [0.29, 0.717) is 16.8 Å². The first-order valence-electron chi connectivity index (χ1n) is 6.65. The molecule has 104 valence electrons. The van der Waals surface area contributed by atoms with Gasteiger partial charge in [-0.2, -0.15) is 0 Å². The van der Waals surface area contributed by atoms with Gasteiger partial charge in [0.25, 0.3) is 0 Å². The van der Waals surface area contributed by atoms with Crippen molar-refractivity contribution in [3.8, 4) is 5.75 Å². The first kappa shape index (κ1) is 14.1. The van der Waals surface area contributed by atoms with E-state index >= 15 is 0 Å². The molecule has 0 aliphatic rings. The van der Waals surface area contributed by atoms with E-state index in [2.05, 4.69) is 0 Å². The SMILES string of the molecule is Cc1cccc(N)c1C(=O)c1ccc(OC(C)C)cc1. The monoisotopic (exact) mass is 269 g/mol. The summed E-state index contributed by atoms with van der Waals surface area (Å²) >= 11 is 0. The third-order valence-electron chi connectivity index (χ3n) is 3.02. The van der Waals surface area contributed by atoms with Crippen LogP contribution < -0.4 is 10.5 Å². The highest BCUT2D eigenvalue weighted by Gasteiger charge is 2.14. The zero-order valence-electron chi connectivity index (χ0n) is 12.0. The van der Waals surface area contributed by atoms with Crippen LogP contribution in [0, 0.1) is 6.92 Å². The molecule has 0 saturated heterocycles. The predicted molar refractivity (Wildman–Crippen MR) is 81.2 cm³/mol. The molecule has 0 radical (unpaired) electrons. The third kappa shape index (κ3) is 2.99. The summed E-state index contributed by atoms with van der Waals surface area (Å²) in [5.74, 6) is 0.700. The quantitative estimate of drug-likeness (QED) is 0.681. The Hall–Kier alpha value is -2.29. The number of rotatable bonds is 4. The minimum atomic E-state index is -0.0586. The Kier molecular flexibility index (Phi) is 4.08. The zero-order valence-corrected chi connectivity index (χ0v) is 12.0. The van der Waals surface area contributed by atoms with Crippen LogP contribution in [0.4, 0.5) is 5.69 Å². The summed E-state index contributed by atoms with van der Waals surface area (Å²) in [4.78, 5) is 12.5. The molecule has 2 aromatic carbocycles. The van der Waals surface area contributed by atoms with E-state index in [1.165, 1.54) is 0 Å². The average molecular weight is 269 g/mol. The molecule has 0 spiro atoms. The molecule has 2 rings (SSSR count). The fraction of sp³-hybridized carbons (Fsp3) is 0.235. The first-order chi connectivity index (χ1) is 9.49. The number of ketones is 1. The van der Waals surface area contributed by atoms with E-state index in [1.807, 2.05) is 45.0 Å². The molecule has 0 heterocycles. The Balaban J connectivity index is 2.30. The second-order valence-corrected chi connectivity index (χ2v) is 5.06. The van der Waals surface area contributed by atoms with E-state index in [1.54, 1.807) is 18.2 Å². The Morgan fingerprint density at radius 2 is 1.75 bits per heavy atom. The van der Waals surface area contributed by atoms with Crippen LogP contribution in [0.25, 0.3) is 0 Å². The Bertz CT molecular complexity index is 595. The minimum absolute atomic E-state index is 0.0586. The van der Waals surface area contributed by atoms with Crippen LogP contribution in [-0.4, -0.2) is 11.9 Å². The molecule has 0 atom stereocenters. The molecule has 0 aliphatic heterocycles. The lowest BCUT2D eigenvalue weighted by Crippen LogP contribution is -2.08. The fourth-order valence-electron chi connectivity index (χ4n) is 2.10. The molecule has 2 N–H and O–H groups in total. The molecule has 0 saturated carbocycles. The van der Waals surface area contributed by atoms with Gasteiger partial charge in [-0.3, -0.25) is 4.79 Å². The molecule has 0 aliphatic carbocycles. The Labute approximate surface area is 119 Å². The standard InChI is InChI=1S/C17H19NO2/c1-11(2)20-14-9-7-13(8-10-14)17(19)16-12(3)5-4-6-15(16)18/h4-11H,18H2,1-3H3. The van der Waals surface area contributed by atoms with E-state index in [-0.39, 0.29) is 11.9 Å². The van der Waals surface area contributed by atoms with Crippen molar-refractivity contribution in [2.45, 2.75) is 26.9 Å². The van der Waals surface area contributed by atoms with Crippen molar-refractivity contribution in [1.29, 1.82) is 0 Å². The smallest absolute Gasteiger partial charge is 0.195 e. The van der Waals surface area contributed by atoms with Crippen molar-refractivity contribution in [1.82, 2.24) is 0 Å². The van der Waals surface area contributed by atoms with E-state index in [0.717, 1.165) is 11.3 Å². The van der Waals surface area contributed by atoms with Gasteiger partial charge in [-0.05, 0) is 56.7 Å². The topological polar surface area (TPSA) is 52.3 Å². The fourth-order valence-corrected chi connectivity index (χ4v) is 2.10. The van der Waals surface area contributed by atoms with Crippen LogP contribution in [0.1, 0.15) is 35.3 Å². The molecule has 2 aromatic rings. The second kappa shape index (κ2) is 5.78. The highest BCUT2D eigenvalue weighted by Crippen LogP contribution is 2.22. The molecular weight excluding hydrogens is 250 g/mol. The van der Waals surface area contributed by atoms with Gasteiger partial charge < -0.3 is 10.5 Å². The summed E-state index contributed by atoms with van der Waals surface area (Å²) in [6, 6.07) is 12.6. The lowest BCUT2D eigenvalue weighted by atomic mass is 9.97. The Morgan fingerprint density at radius 1 is 1.10 bits per heavy atom. The maximum Gasteiger partial charge on any atom is 0.195 e. The number of hydrogen-bond donors (Lipinski definition) is 1. The molecule has 0 aromatic heterocycles. The van der Waals surface area contributed by atoms with Gasteiger partial charge in [0.2, 0.25) is 0 Å². The van der Waals surface area contributed by atoms with Gasteiger partial charge in [0.15, 0.2) is 5.78 Å². The van der Waals surface area contributed by atoms with Crippen LogP contribution in [0.2, 0.25) is 0 Å². The van der Waals surface area contributed by atoms with E-state index in [4.69, 9.17) is 10.5 Å². The number of aryl methyl sites for hydroxylation is 1. The molecule has 3 heteroatoms. The molecule has 0 fully saturated rings. The number of anilines is 1. The van der Waals surface area contributed by atoms with Crippen molar-refractivity contribution in [2.75, 3.05) is 5.73 Å². The average Bonchev–Trinajstić information content (AvgIpc) is 2.38. The number of carbonyl (C=O) groups is 1. The van der Waals surface area contributed by atoms with Crippen LogP contribution >= 0.6 is 0 Å². The second-order valence-electron chi connectivity index (χ2n) is 5.06. The number of ether oxygens (including phenoxy) is 1. The normalized spacial score (nSPS) is 10.6. The van der Waals surface area contributed by atoms with Crippen molar-refractivity contribution in [2.24, 2.45) is 0 Å². The van der Waals surface area contributed by atoms with Gasteiger partial charge >= 0.3 is 0 Å². The maximum absolute atomic E-state index is 12.5. The number of nitrogens with two attached hydrogens (primary N) is 1. The van der Waals surface area contributed by atoms with Gasteiger partial charge in [0, 0.05) is 16.8 Å². The number of benzene rings is 2. The molecule has 0 amide bonds. The van der Waals surface area contributed by atoms with Gasteiger partial charge in [-0.25, -0.2) is 0 Å². The van der Waals surface area contributed by atoms with E-state index in [9.17, 15) is 4.79 Å². The number of hydrogen-bond acceptors (Lipinski definition) is 3. The van der Waals surface area contributed by atoms with Crippen LogP contribution in [0.3, 0.4) is 0 Å².